The Balaban J connectivity index is 2.07. The summed E-state index contributed by atoms with van der Waals surface area (Å²) in [7, 11) is 1.65. The molecule has 0 unspecified atom stereocenters. The number of hydrogen-bond acceptors (Lipinski definition) is 3. The van der Waals surface area contributed by atoms with Crippen LogP contribution in [-0.2, 0) is 11.3 Å². The topological polar surface area (TPSA) is 56.1 Å². The van der Waals surface area contributed by atoms with Gasteiger partial charge in [0, 0.05) is 19.2 Å². The van der Waals surface area contributed by atoms with Crippen LogP contribution in [0.4, 0.5) is 4.39 Å². The SMILES string of the molecule is CN(Cc1cc(C#N)ccc1F)C(=O)[C@H]1CCCN1. The third kappa shape index (κ3) is 3.09. The molecule has 1 amide bonds. The Morgan fingerprint density at radius 3 is 3.05 bits per heavy atom. The van der Waals surface area contributed by atoms with E-state index in [1.54, 1.807) is 7.05 Å². The van der Waals surface area contributed by atoms with Crippen molar-refractivity contribution >= 4 is 5.91 Å². The average Bonchev–Trinajstić information content (AvgIpc) is 2.94. The zero-order valence-electron chi connectivity index (χ0n) is 10.8. The molecule has 1 aromatic rings. The van der Waals surface area contributed by atoms with E-state index in [4.69, 9.17) is 5.26 Å². The lowest BCUT2D eigenvalue weighted by Crippen LogP contribution is -2.41. The molecule has 0 spiro atoms. The second-order valence-electron chi connectivity index (χ2n) is 4.76. The molecule has 19 heavy (non-hydrogen) atoms. The molecule has 2 rings (SSSR count). The van der Waals surface area contributed by atoms with Crippen LogP contribution in [0.1, 0.15) is 24.0 Å². The molecule has 0 aromatic heterocycles. The van der Waals surface area contributed by atoms with Crippen LogP contribution in [-0.4, -0.2) is 30.4 Å². The fraction of sp³-hybridized carbons (Fsp3) is 0.429. The molecule has 4 nitrogen and oxygen atoms in total. The van der Waals surface area contributed by atoms with Gasteiger partial charge in [-0.15, -0.1) is 0 Å². The largest absolute Gasteiger partial charge is 0.340 e. The van der Waals surface area contributed by atoms with E-state index >= 15 is 0 Å². The first kappa shape index (κ1) is 13.5. The second-order valence-corrected chi connectivity index (χ2v) is 4.76. The molecule has 0 radical (unpaired) electrons. The molecule has 0 saturated carbocycles. The van der Waals surface area contributed by atoms with Crippen molar-refractivity contribution in [2.45, 2.75) is 25.4 Å². The summed E-state index contributed by atoms with van der Waals surface area (Å²) in [6.45, 7) is 1.03. The standard InChI is InChI=1S/C14H16FN3O/c1-18(14(19)13-3-2-6-17-13)9-11-7-10(8-16)4-5-12(11)15/h4-5,7,13,17H,2-3,6,9H2,1H3/t13-/m1/s1. The zero-order chi connectivity index (χ0) is 13.8. The van der Waals surface area contributed by atoms with E-state index in [9.17, 15) is 9.18 Å². The molecule has 1 N–H and O–H groups in total. The molecule has 100 valence electrons. The molecule has 1 aliphatic rings. The summed E-state index contributed by atoms with van der Waals surface area (Å²) in [4.78, 5) is 13.6. The lowest BCUT2D eigenvalue weighted by Gasteiger charge is -2.21. The number of carbonyl (C=O) groups excluding carboxylic acids is 1. The van der Waals surface area contributed by atoms with E-state index in [1.807, 2.05) is 6.07 Å². The number of nitriles is 1. The lowest BCUT2D eigenvalue weighted by molar-refractivity contribution is -0.132. The first-order valence-electron chi connectivity index (χ1n) is 6.28. The van der Waals surface area contributed by atoms with Crippen LogP contribution in [0.3, 0.4) is 0 Å². The minimum absolute atomic E-state index is 0.0285. The number of halogens is 1. The van der Waals surface area contributed by atoms with Crippen molar-refractivity contribution < 1.29 is 9.18 Å². The number of hydrogen-bond donors (Lipinski definition) is 1. The predicted molar refractivity (Wildman–Crippen MR) is 68.6 cm³/mol. The summed E-state index contributed by atoms with van der Waals surface area (Å²) < 4.78 is 13.6. The number of nitrogens with zero attached hydrogens (tertiary/aromatic N) is 2. The van der Waals surface area contributed by atoms with Crippen LogP contribution in [0, 0.1) is 17.1 Å². The van der Waals surface area contributed by atoms with Crippen LogP contribution in [0.25, 0.3) is 0 Å². The summed E-state index contributed by atoms with van der Waals surface area (Å²) in [5.41, 5.74) is 0.768. The van der Waals surface area contributed by atoms with Crippen LogP contribution in [0.15, 0.2) is 18.2 Å². The molecule has 1 heterocycles. The highest BCUT2D eigenvalue weighted by Crippen LogP contribution is 2.14. The van der Waals surface area contributed by atoms with Gasteiger partial charge >= 0.3 is 0 Å². The number of rotatable bonds is 3. The normalized spacial score (nSPS) is 18.1. The van der Waals surface area contributed by atoms with Crippen molar-refractivity contribution in [2.75, 3.05) is 13.6 Å². The van der Waals surface area contributed by atoms with Crippen molar-refractivity contribution in [1.82, 2.24) is 10.2 Å². The molecular weight excluding hydrogens is 245 g/mol. The quantitative estimate of drug-likeness (QED) is 0.895. The van der Waals surface area contributed by atoms with E-state index in [2.05, 4.69) is 5.32 Å². The fourth-order valence-electron chi connectivity index (χ4n) is 2.26. The van der Waals surface area contributed by atoms with Gasteiger partial charge in [-0.1, -0.05) is 0 Å². The second kappa shape index (κ2) is 5.81. The van der Waals surface area contributed by atoms with Crippen molar-refractivity contribution in [2.24, 2.45) is 0 Å². The first-order chi connectivity index (χ1) is 9.11. The molecule has 0 bridgehead atoms. The van der Waals surface area contributed by atoms with E-state index in [0.29, 0.717) is 11.1 Å². The summed E-state index contributed by atoms with van der Waals surface area (Å²) in [5.74, 6) is -0.419. The minimum atomic E-state index is -0.391. The summed E-state index contributed by atoms with van der Waals surface area (Å²) in [5, 5.41) is 11.9. The smallest absolute Gasteiger partial charge is 0.239 e. The highest BCUT2D eigenvalue weighted by Gasteiger charge is 2.25. The van der Waals surface area contributed by atoms with Crippen molar-refractivity contribution in [3.8, 4) is 6.07 Å². The monoisotopic (exact) mass is 261 g/mol. The molecule has 1 aliphatic heterocycles. The van der Waals surface area contributed by atoms with Crippen LogP contribution in [0.2, 0.25) is 0 Å². The van der Waals surface area contributed by atoms with Crippen molar-refractivity contribution in [3.63, 3.8) is 0 Å². The maximum atomic E-state index is 13.6. The summed E-state index contributed by atoms with van der Waals surface area (Å²) >= 11 is 0. The van der Waals surface area contributed by atoms with Crippen molar-refractivity contribution in [3.05, 3.63) is 35.1 Å². The Morgan fingerprint density at radius 2 is 2.42 bits per heavy atom. The third-order valence-electron chi connectivity index (χ3n) is 3.32. The van der Waals surface area contributed by atoms with Gasteiger partial charge in [-0.2, -0.15) is 5.26 Å². The number of likely N-dealkylation sites (N-methyl/N-ethyl adjacent to an activating group) is 1. The lowest BCUT2D eigenvalue weighted by atomic mass is 10.1. The summed E-state index contributed by atoms with van der Waals surface area (Å²) in [6.07, 6.45) is 1.81. The van der Waals surface area contributed by atoms with Gasteiger partial charge in [0.25, 0.3) is 0 Å². The number of carbonyl (C=O) groups is 1. The van der Waals surface area contributed by atoms with Gasteiger partial charge in [0.15, 0.2) is 0 Å². The first-order valence-corrected chi connectivity index (χ1v) is 6.28. The molecular formula is C14H16FN3O. The van der Waals surface area contributed by atoms with Crippen LogP contribution < -0.4 is 5.32 Å². The van der Waals surface area contributed by atoms with E-state index in [1.165, 1.54) is 23.1 Å². The van der Waals surface area contributed by atoms with E-state index < -0.39 is 5.82 Å². The molecule has 1 saturated heterocycles. The highest BCUT2D eigenvalue weighted by molar-refractivity contribution is 5.81. The summed E-state index contributed by atoms with van der Waals surface area (Å²) in [6, 6.07) is 5.99. The van der Waals surface area contributed by atoms with Crippen molar-refractivity contribution in [1.29, 1.82) is 5.26 Å². The molecule has 1 fully saturated rings. The van der Waals surface area contributed by atoms with Gasteiger partial charge in [-0.05, 0) is 37.6 Å². The van der Waals surface area contributed by atoms with E-state index in [-0.39, 0.29) is 18.5 Å². The number of benzene rings is 1. The fourth-order valence-corrected chi connectivity index (χ4v) is 2.26. The van der Waals surface area contributed by atoms with Crippen LogP contribution in [0.5, 0.6) is 0 Å². The van der Waals surface area contributed by atoms with Gasteiger partial charge in [0.1, 0.15) is 5.82 Å². The maximum absolute atomic E-state index is 13.6. The molecule has 1 atom stereocenters. The Morgan fingerprint density at radius 1 is 1.63 bits per heavy atom. The van der Waals surface area contributed by atoms with E-state index in [0.717, 1.165) is 19.4 Å². The number of nitrogens with one attached hydrogen (secondary N) is 1. The number of amides is 1. The zero-order valence-corrected chi connectivity index (χ0v) is 10.8. The third-order valence-corrected chi connectivity index (χ3v) is 3.32. The Kier molecular flexibility index (Phi) is 4.13. The Hall–Kier alpha value is -1.93. The van der Waals surface area contributed by atoms with Gasteiger partial charge in [-0.3, -0.25) is 4.79 Å². The highest BCUT2D eigenvalue weighted by atomic mass is 19.1. The van der Waals surface area contributed by atoms with Gasteiger partial charge in [0.05, 0.1) is 17.7 Å². The average molecular weight is 261 g/mol. The predicted octanol–water partition coefficient (Wildman–Crippen LogP) is 1.41. The van der Waals surface area contributed by atoms with Gasteiger partial charge in [0.2, 0.25) is 5.91 Å². The molecule has 1 aromatic carbocycles. The Labute approximate surface area is 111 Å². The maximum Gasteiger partial charge on any atom is 0.239 e. The Bertz CT molecular complexity index is 518. The van der Waals surface area contributed by atoms with Crippen LogP contribution >= 0.6 is 0 Å². The molecule has 5 heteroatoms. The van der Waals surface area contributed by atoms with Gasteiger partial charge < -0.3 is 10.2 Å². The van der Waals surface area contributed by atoms with Gasteiger partial charge in [-0.25, -0.2) is 4.39 Å². The minimum Gasteiger partial charge on any atom is -0.340 e. The molecule has 0 aliphatic carbocycles.